The van der Waals surface area contributed by atoms with E-state index in [-0.39, 0.29) is 0 Å². The molecule has 1 N–H and O–H groups in total. The number of aliphatic hydroxyl groups is 1. The summed E-state index contributed by atoms with van der Waals surface area (Å²) in [5.41, 5.74) is -1.83. The Bertz CT molecular complexity index is 504. The maximum Gasteiger partial charge on any atom is 0.416 e. The lowest BCUT2D eigenvalue weighted by atomic mass is 9.74. The highest BCUT2D eigenvalue weighted by Gasteiger charge is 2.52. The van der Waals surface area contributed by atoms with E-state index >= 15 is 0 Å². The molecule has 5 heteroatoms. The van der Waals surface area contributed by atoms with Gasteiger partial charge < -0.3 is 9.84 Å². The van der Waals surface area contributed by atoms with E-state index in [1.165, 1.54) is 0 Å². The Hall–Kier alpha value is -1.23. The van der Waals surface area contributed by atoms with E-state index in [0.717, 1.165) is 24.5 Å². The van der Waals surface area contributed by atoms with Crippen molar-refractivity contribution in [3.05, 3.63) is 29.3 Å². The van der Waals surface area contributed by atoms with Gasteiger partial charge in [0.15, 0.2) is 5.60 Å². The first kappa shape index (κ1) is 15.2. The van der Waals surface area contributed by atoms with Crippen LogP contribution in [-0.2, 0) is 11.8 Å². The first-order valence-electron chi connectivity index (χ1n) is 6.59. The molecule has 0 saturated heterocycles. The fraction of sp³-hybridized carbons (Fsp3) is 0.600. The molecule has 1 atom stereocenters. The molecule has 0 spiro atoms. The largest absolute Gasteiger partial charge is 0.493 e. The summed E-state index contributed by atoms with van der Waals surface area (Å²) in [6.45, 7) is 4.77. The lowest BCUT2D eigenvalue weighted by Gasteiger charge is -2.36. The quantitative estimate of drug-likeness (QED) is 0.921. The van der Waals surface area contributed by atoms with Crippen LogP contribution in [0.5, 0.6) is 5.75 Å². The highest BCUT2D eigenvalue weighted by molar-refractivity contribution is 5.47. The third-order valence-electron chi connectivity index (χ3n) is 3.84. The predicted octanol–water partition coefficient (Wildman–Crippen LogP) is 3.60. The molecule has 1 aromatic carbocycles. The second-order valence-corrected chi connectivity index (χ2v) is 6.22. The Morgan fingerprint density at radius 2 is 1.85 bits per heavy atom. The van der Waals surface area contributed by atoms with Crippen molar-refractivity contribution in [1.29, 1.82) is 0 Å². The molecule has 0 saturated carbocycles. The van der Waals surface area contributed by atoms with Crippen LogP contribution in [0.2, 0.25) is 0 Å². The zero-order chi connectivity index (χ0) is 15.2. The normalized spacial score (nSPS) is 18.4. The van der Waals surface area contributed by atoms with Gasteiger partial charge in [0, 0.05) is 12.0 Å². The van der Waals surface area contributed by atoms with Crippen molar-refractivity contribution in [3.8, 4) is 5.75 Å². The molecular formula is C15H19F3O2. The van der Waals surface area contributed by atoms with Gasteiger partial charge in [-0.25, -0.2) is 0 Å². The first-order chi connectivity index (χ1) is 9.05. The van der Waals surface area contributed by atoms with Gasteiger partial charge in [0.1, 0.15) is 5.75 Å². The molecule has 0 radical (unpaired) electrons. The standard InChI is InChI=1S/C15H19F3O2/c1-13(2,9-14(3,19)15(16,17)18)11-6-4-5-10-7-8-20-12(10)11/h4-6,19H,7-9H2,1-3H3. The van der Waals surface area contributed by atoms with E-state index in [2.05, 4.69) is 0 Å². The van der Waals surface area contributed by atoms with E-state index < -0.39 is 23.6 Å². The highest BCUT2D eigenvalue weighted by Crippen LogP contribution is 2.44. The number of halogens is 3. The molecule has 1 unspecified atom stereocenters. The Labute approximate surface area is 116 Å². The third-order valence-corrected chi connectivity index (χ3v) is 3.84. The average Bonchev–Trinajstić information content (AvgIpc) is 2.72. The maximum atomic E-state index is 12.9. The Morgan fingerprint density at radius 3 is 2.45 bits per heavy atom. The number of benzene rings is 1. The number of ether oxygens (including phenoxy) is 1. The zero-order valence-corrected chi connectivity index (χ0v) is 11.8. The van der Waals surface area contributed by atoms with Crippen LogP contribution in [0.4, 0.5) is 13.2 Å². The lowest BCUT2D eigenvalue weighted by Crippen LogP contribution is -2.46. The van der Waals surface area contributed by atoms with Gasteiger partial charge in [-0.15, -0.1) is 0 Å². The molecule has 0 aliphatic carbocycles. The summed E-state index contributed by atoms with van der Waals surface area (Å²) in [5.74, 6) is 0.676. The van der Waals surface area contributed by atoms with Crippen molar-refractivity contribution in [2.45, 2.75) is 50.8 Å². The van der Waals surface area contributed by atoms with Gasteiger partial charge in [-0.3, -0.25) is 0 Å². The molecule has 1 aliphatic rings. The first-order valence-corrected chi connectivity index (χ1v) is 6.59. The van der Waals surface area contributed by atoms with Crippen LogP contribution in [0.15, 0.2) is 18.2 Å². The molecule has 2 nitrogen and oxygen atoms in total. The lowest BCUT2D eigenvalue weighted by molar-refractivity contribution is -0.259. The molecular weight excluding hydrogens is 269 g/mol. The van der Waals surface area contributed by atoms with Gasteiger partial charge in [-0.1, -0.05) is 32.0 Å². The summed E-state index contributed by atoms with van der Waals surface area (Å²) in [7, 11) is 0. The summed E-state index contributed by atoms with van der Waals surface area (Å²) in [6, 6.07) is 5.52. The molecule has 0 bridgehead atoms. The number of para-hydroxylation sites is 1. The van der Waals surface area contributed by atoms with Gasteiger partial charge in [0.2, 0.25) is 0 Å². The zero-order valence-electron chi connectivity index (χ0n) is 11.8. The number of rotatable bonds is 3. The smallest absolute Gasteiger partial charge is 0.416 e. The van der Waals surface area contributed by atoms with Crippen LogP contribution in [0.1, 0.15) is 38.3 Å². The van der Waals surface area contributed by atoms with Crippen molar-refractivity contribution in [2.75, 3.05) is 6.61 Å². The second kappa shape index (κ2) is 4.65. The molecule has 20 heavy (non-hydrogen) atoms. The van der Waals surface area contributed by atoms with Crippen LogP contribution < -0.4 is 4.74 Å². The highest BCUT2D eigenvalue weighted by atomic mass is 19.4. The summed E-state index contributed by atoms with van der Waals surface area (Å²) in [5, 5.41) is 9.73. The Balaban J connectivity index is 2.35. The Kier molecular flexibility index (Phi) is 3.53. The number of hydrogen-bond donors (Lipinski definition) is 1. The van der Waals surface area contributed by atoms with E-state index in [9.17, 15) is 18.3 Å². The van der Waals surface area contributed by atoms with Gasteiger partial charge in [-0.05, 0) is 24.3 Å². The van der Waals surface area contributed by atoms with Crippen LogP contribution in [0.3, 0.4) is 0 Å². The predicted molar refractivity (Wildman–Crippen MR) is 70.0 cm³/mol. The topological polar surface area (TPSA) is 29.5 Å². The van der Waals surface area contributed by atoms with Crippen LogP contribution in [0, 0.1) is 0 Å². The minimum absolute atomic E-state index is 0.413. The molecule has 0 amide bonds. The minimum Gasteiger partial charge on any atom is -0.493 e. The fourth-order valence-corrected chi connectivity index (χ4v) is 2.80. The SMILES string of the molecule is CC(C)(CC(C)(O)C(F)(F)F)c1cccc2c1OCC2. The summed E-state index contributed by atoms with van der Waals surface area (Å²) < 4.78 is 44.2. The maximum absolute atomic E-state index is 12.9. The fourth-order valence-electron chi connectivity index (χ4n) is 2.80. The number of fused-ring (bicyclic) bond motifs is 1. The summed E-state index contributed by atoms with van der Waals surface area (Å²) in [6.07, 6.45) is -4.29. The minimum atomic E-state index is -4.65. The molecule has 2 rings (SSSR count). The van der Waals surface area contributed by atoms with Crippen LogP contribution >= 0.6 is 0 Å². The van der Waals surface area contributed by atoms with Crippen molar-refractivity contribution in [3.63, 3.8) is 0 Å². The molecule has 1 aliphatic heterocycles. The number of hydrogen-bond acceptors (Lipinski definition) is 2. The molecule has 112 valence electrons. The molecule has 0 aromatic heterocycles. The number of alkyl halides is 3. The van der Waals surface area contributed by atoms with Crippen molar-refractivity contribution < 1.29 is 23.0 Å². The van der Waals surface area contributed by atoms with Crippen LogP contribution in [0.25, 0.3) is 0 Å². The monoisotopic (exact) mass is 288 g/mol. The van der Waals surface area contributed by atoms with Crippen molar-refractivity contribution >= 4 is 0 Å². The van der Waals surface area contributed by atoms with E-state index in [1.807, 2.05) is 12.1 Å². The van der Waals surface area contributed by atoms with E-state index in [4.69, 9.17) is 4.74 Å². The van der Waals surface area contributed by atoms with Gasteiger partial charge in [0.25, 0.3) is 0 Å². The average molecular weight is 288 g/mol. The van der Waals surface area contributed by atoms with Gasteiger partial charge in [-0.2, -0.15) is 13.2 Å². The van der Waals surface area contributed by atoms with Crippen molar-refractivity contribution in [2.24, 2.45) is 0 Å². The van der Waals surface area contributed by atoms with Crippen molar-refractivity contribution in [1.82, 2.24) is 0 Å². The van der Waals surface area contributed by atoms with Crippen LogP contribution in [-0.4, -0.2) is 23.5 Å². The van der Waals surface area contributed by atoms with E-state index in [0.29, 0.717) is 12.4 Å². The molecule has 1 aromatic rings. The molecule has 1 heterocycles. The third kappa shape index (κ3) is 2.64. The van der Waals surface area contributed by atoms with Gasteiger partial charge >= 0.3 is 6.18 Å². The second-order valence-electron chi connectivity index (χ2n) is 6.22. The Morgan fingerprint density at radius 1 is 1.20 bits per heavy atom. The van der Waals surface area contributed by atoms with Gasteiger partial charge in [0.05, 0.1) is 6.61 Å². The van der Waals surface area contributed by atoms with E-state index in [1.54, 1.807) is 19.9 Å². The summed E-state index contributed by atoms with van der Waals surface area (Å²) >= 11 is 0. The summed E-state index contributed by atoms with van der Waals surface area (Å²) in [4.78, 5) is 0. The molecule has 0 fully saturated rings.